The summed E-state index contributed by atoms with van der Waals surface area (Å²) in [5.41, 5.74) is 19.8. The molecular weight excluding hydrogens is 661 g/mol. The van der Waals surface area contributed by atoms with Crippen molar-refractivity contribution >= 4 is 23.6 Å². The predicted octanol–water partition coefficient (Wildman–Crippen LogP) is 14.6. The number of hydrogen-bond donors (Lipinski definition) is 2. The Balaban J connectivity index is -0.000000707. The standard InChI is InChI=1S/C19H37NO.C16H20N2.C8H14.C5H12.CH5N/c1-3-4-5-6-9-12-15-18-21-19(2)16-13-10-7-8-11-14-17-20;1-5-11(3)15-16(17-6-2)12(4)13-9-7-8-10-14(13)18-15;1-5-6-7-8(2,3)4;1-4-5(2)3;1-2/h12,15H,2-11,13-14,16-18,20H2,1H3;6-7,9H,3,5,8,10H2,1-2,4H3;6H,1,7H2,2-4H3;5H,4H2,1-3H3;2H2,1H3/b15-12+;;;;. The minimum absolute atomic E-state index is 0.394. The zero-order valence-electron chi connectivity index (χ0n) is 37.6. The van der Waals surface area contributed by atoms with Crippen molar-refractivity contribution in [3.63, 3.8) is 0 Å². The van der Waals surface area contributed by atoms with Crippen LogP contribution in [-0.2, 0) is 11.2 Å². The van der Waals surface area contributed by atoms with Crippen LogP contribution < -0.4 is 11.5 Å². The average molecular weight is 749 g/mol. The van der Waals surface area contributed by atoms with Crippen molar-refractivity contribution in [1.82, 2.24) is 4.98 Å². The largest absolute Gasteiger partial charge is 0.495 e. The van der Waals surface area contributed by atoms with Crippen molar-refractivity contribution in [1.29, 1.82) is 0 Å². The van der Waals surface area contributed by atoms with E-state index in [1.807, 2.05) is 19.2 Å². The van der Waals surface area contributed by atoms with Gasteiger partial charge in [0, 0.05) is 23.9 Å². The smallest absolute Gasteiger partial charge is 0.106 e. The zero-order chi connectivity index (χ0) is 41.6. The van der Waals surface area contributed by atoms with Gasteiger partial charge < -0.3 is 16.2 Å². The lowest BCUT2D eigenvalue weighted by Gasteiger charge is -2.18. The molecule has 0 spiro atoms. The molecular formula is C49H88N4O. The molecule has 1 aromatic heterocycles. The Kier molecular flexibility index (Phi) is 39.3. The van der Waals surface area contributed by atoms with Gasteiger partial charge in [-0.25, -0.2) is 0 Å². The van der Waals surface area contributed by atoms with Crippen LogP contribution in [0.2, 0.25) is 0 Å². The summed E-state index contributed by atoms with van der Waals surface area (Å²) in [6.45, 7) is 34.8. The van der Waals surface area contributed by atoms with Crippen LogP contribution in [-0.4, -0.2) is 31.4 Å². The average Bonchev–Trinajstić information content (AvgIpc) is 3.16. The Morgan fingerprint density at radius 3 is 2.11 bits per heavy atom. The van der Waals surface area contributed by atoms with Crippen LogP contribution >= 0.6 is 0 Å². The van der Waals surface area contributed by atoms with Gasteiger partial charge in [0.15, 0.2) is 0 Å². The van der Waals surface area contributed by atoms with Crippen LogP contribution in [0.1, 0.15) is 188 Å². The number of unbranched alkanes of at least 4 members (excludes halogenated alkanes) is 9. The highest BCUT2D eigenvalue weighted by Crippen LogP contribution is 2.35. The molecule has 0 fully saturated rings. The van der Waals surface area contributed by atoms with E-state index >= 15 is 0 Å². The first-order chi connectivity index (χ1) is 25.8. The minimum atomic E-state index is 0.394. The first kappa shape index (κ1) is 55.4. The molecule has 0 aliphatic heterocycles. The highest BCUT2D eigenvalue weighted by atomic mass is 16.5. The summed E-state index contributed by atoms with van der Waals surface area (Å²) >= 11 is 0. The van der Waals surface area contributed by atoms with Crippen molar-refractivity contribution in [3.05, 3.63) is 78.0 Å². The highest BCUT2D eigenvalue weighted by Gasteiger charge is 2.17. The molecule has 5 nitrogen and oxygen atoms in total. The van der Waals surface area contributed by atoms with Crippen LogP contribution in [0.3, 0.4) is 0 Å². The lowest BCUT2D eigenvalue weighted by atomic mass is 9.92. The third-order valence-electron chi connectivity index (χ3n) is 8.75. The number of nitrogens with zero attached hydrogens (tertiary/aromatic N) is 2. The van der Waals surface area contributed by atoms with Crippen molar-refractivity contribution in [2.24, 2.45) is 27.8 Å². The SMILES string of the molecule is C=C(CC)c1nc2c(c(C)c1N=CC)C=CCC2.C=C(CCCCCCCCN)OC/C=C/CCCCCC.C=C=CCC(C)(C)C.CCC(C)C.CN. The summed E-state index contributed by atoms with van der Waals surface area (Å²) in [4.78, 5) is 9.30. The summed E-state index contributed by atoms with van der Waals surface area (Å²) in [5, 5.41) is 0. The van der Waals surface area contributed by atoms with Gasteiger partial charge in [0.25, 0.3) is 0 Å². The zero-order valence-corrected chi connectivity index (χ0v) is 37.6. The molecule has 5 heteroatoms. The van der Waals surface area contributed by atoms with Crippen molar-refractivity contribution in [2.45, 2.75) is 178 Å². The second kappa shape index (κ2) is 38.3. The molecule has 0 aromatic carbocycles. The maximum absolute atomic E-state index is 5.62. The Bertz CT molecular complexity index is 1210. The number of rotatable bonds is 21. The Morgan fingerprint density at radius 1 is 0.981 bits per heavy atom. The van der Waals surface area contributed by atoms with Gasteiger partial charge in [0.1, 0.15) is 6.61 Å². The van der Waals surface area contributed by atoms with E-state index in [0.29, 0.717) is 12.0 Å². The van der Waals surface area contributed by atoms with Crippen LogP contribution in [0.5, 0.6) is 0 Å². The number of pyridine rings is 1. The molecule has 1 aliphatic carbocycles. The van der Waals surface area contributed by atoms with Gasteiger partial charge in [-0.1, -0.05) is 151 Å². The van der Waals surface area contributed by atoms with Crippen molar-refractivity contribution in [3.8, 4) is 0 Å². The van der Waals surface area contributed by atoms with E-state index in [1.165, 1.54) is 101 Å². The topological polar surface area (TPSA) is 86.5 Å². The molecule has 0 saturated carbocycles. The number of ether oxygens (including phenoxy) is 1. The maximum Gasteiger partial charge on any atom is 0.106 e. The van der Waals surface area contributed by atoms with Gasteiger partial charge in [-0.05, 0) is 107 Å². The number of aryl methyl sites for hydroxylation is 1. The molecule has 0 radical (unpaired) electrons. The number of aliphatic imine (C=N–C) groups is 1. The Morgan fingerprint density at radius 2 is 1.59 bits per heavy atom. The Labute approximate surface area is 336 Å². The van der Waals surface area contributed by atoms with Crippen LogP contribution in [0.4, 0.5) is 5.69 Å². The number of nitrogens with two attached hydrogens (primary N) is 2. The normalized spacial score (nSPS) is 11.5. The van der Waals surface area contributed by atoms with Gasteiger partial charge >= 0.3 is 0 Å². The molecule has 2 rings (SSSR count). The maximum atomic E-state index is 5.62. The second-order valence-corrected chi connectivity index (χ2v) is 15.4. The van der Waals surface area contributed by atoms with Crippen molar-refractivity contribution in [2.75, 3.05) is 20.2 Å². The second-order valence-electron chi connectivity index (χ2n) is 15.4. The van der Waals surface area contributed by atoms with E-state index in [2.05, 4.69) is 123 Å². The van der Waals surface area contributed by atoms with E-state index in [4.69, 9.17) is 15.5 Å². The first-order valence-corrected chi connectivity index (χ1v) is 21.3. The quantitative estimate of drug-likeness (QED) is 0.0431. The van der Waals surface area contributed by atoms with Gasteiger partial charge in [0.05, 0.1) is 17.1 Å². The summed E-state index contributed by atoms with van der Waals surface area (Å²) in [6, 6.07) is 0. The molecule has 0 atom stereocenters. The lowest BCUT2D eigenvalue weighted by Crippen LogP contribution is -2.04. The number of allylic oxidation sites excluding steroid dienone is 5. The summed E-state index contributed by atoms with van der Waals surface area (Å²) in [7, 11) is 1.50. The van der Waals surface area contributed by atoms with Gasteiger partial charge in [0.2, 0.25) is 0 Å². The van der Waals surface area contributed by atoms with Crippen LogP contribution in [0.15, 0.2) is 60.5 Å². The lowest BCUT2D eigenvalue weighted by molar-refractivity contribution is 0.235. The number of fused-ring (bicyclic) bond motifs is 1. The third kappa shape index (κ3) is 32.5. The third-order valence-corrected chi connectivity index (χ3v) is 8.75. The molecule has 0 bridgehead atoms. The highest BCUT2D eigenvalue weighted by molar-refractivity contribution is 5.79. The van der Waals surface area contributed by atoms with E-state index in [9.17, 15) is 0 Å². The van der Waals surface area contributed by atoms with Crippen LogP contribution in [0, 0.1) is 18.3 Å². The van der Waals surface area contributed by atoms with E-state index in [1.54, 1.807) is 0 Å². The van der Waals surface area contributed by atoms with E-state index in [0.717, 1.165) is 67.3 Å². The number of hydrogen-bond acceptors (Lipinski definition) is 5. The number of aromatic nitrogens is 1. The molecule has 1 aliphatic rings. The predicted molar refractivity (Wildman–Crippen MR) is 247 cm³/mol. The minimum Gasteiger partial charge on any atom is -0.495 e. The van der Waals surface area contributed by atoms with Gasteiger partial charge in [-0.3, -0.25) is 9.98 Å². The Hall–Kier alpha value is -2.98. The van der Waals surface area contributed by atoms with Crippen molar-refractivity contribution < 1.29 is 4.74 Å². The molecule has 310 valence electrons. The summed E-state index contributed by atoms with van der Waals surface area (Å²) in [6.07, 6.45) is 33.0. The fourth-order valence-electron chi connectivity index (χ4n) is 4.97. The summed E-state index contributed by atoms with van der Waals surface area (Å²) in [5.74, 6) is 1.82. The summed E-state index contributed by atoms with van der Waals surface area (Å²) < 4.78 is 5.62. The molecule has 0 saturated heterocycles. The van der Waals surface area contributed by atoms with E-state index < -0.39 is 0 Å². The molecule has 4 N–H and O–H groups in total. The first-order valence-electron chi connectivity index (χ1n) is 21.3. The molecule has 1 heterocycles. The van der Waals surface area contributed by atoms with E-state index in [-0.39, 0.29) is 0 Å². The molecule has 0 amide bonds. The van der Waals surface area contributed by atoms with Gasteiger partial charge in [-0.15, -0.1) is 5.73 Å². The molecule has 1 aromatic rings. The molecule has 0 unspecified atom stereocenters. The van der Waals surface area contributed by atoms with Crippen LogP contribution in [0.25, 0.3) is 11.6 Å². The monoisotopic (exact) mass is 749 g/mol. The molecule has 54 heavy (non-hydrogen) atoms. The fraction of sp³-hybridized carbons (Fsp3) is 0.653. The van der Waals surface area contributed by atoms with Gasteiger partial charge in [-0.2, -0.15) is 0 Å². The fourth-order valence-corrected chi connectivity index (χ4v) is 4.97.